The van der Waals surface area contributed by atoms with E-state index in [2.05, 4.69) is 16.6 Å². The fourth-order valence-corrected chi connectivity index (χ4v) is 1.88. The Morgan fingerprint density at radius 1 is 1.35 bits per heavy atom. The van der Waals surface area contributed by atoms with Gasteiger partial charge < -0.3 is 19.5 Å². The first-order chi connectivity index (χ1) is 9.52. The van der Waals surface area contributed by atoms with E-state index in [0.29, 0.717) is 6.42 Å². The molecular formula is C13H19NO6. The maximum atomic E-state index is 12.0. The van der Waals surface area contributed by atoms with Gasteiger partial charge in [0.15, 0.2) is 5.41 Å². The monoisotopic (exact) mass is 285 g/mol. The molecule has 2 unspecified atom stereocenters. The maximum Gasteiger partial charge on any atom is 0.406 e. The van der Waals surface area contributed by atoms with Gasteiger partial charge in [0.2, 0.25) is 0 Å². The fourth-order valence-electron chi connectivity index (χ4n) is 1.88. The van der Waals surface area contributed by atoms with E-state index in [1.54, 1.807) is 13.0 Å². The van der Waals surface area contributed by atoms with Crippen molar-refractivity contribution in [2.24, 2.45) is 11.3 Å². The molecule has 0 aromatic carbocycles. The molecule has 0 aliphatic heterocycles. The van der Waals surface area contributed by atoms with Crippen LogP contribution >= 0.6 is 0 Å². The Hall–Kier alpha value is -2.05. The number of carbonyl (C=O) groups excluding carboxylic acids is 3. The smallest absolute Gasteiger partial charge is 0.406 e. The van der Waals surface area contributed by atoms with E-state index in [0.717, 1.165) is 0 Å². The van der Waals surface area contributed by atoms with Crippen molar-refractivity contribution in [3.8, 4) is 0 Å². The van der Waals surface area contributed by atoms with Crippen molar-refractivity contribution in [3.05, 3.63) is 12.7 Å². The minimum atomic E-state index is -1.26. The van der Waals surface area contributed by atoms with Gasteiger partial charge in [-0.25, -0.2) is 4.79 Å². The molecule has 1 fully saturated rings. The lowest BCUT2D eigenvalue weighted by atomic mass is 10.0. The molecule has 1 aliphatic rings. The van der Waals surface area contributed by atoms with Gasteiger partial charge in [0, 0.05) is 5.92 Å². The van der Waals surface area contributed by atoms with E-state index < -0.39 is 23.4 Å². The van der Waals surface area contributed by atoms with Crippen LogP contribution in [0, 0.1) is 11.3 Å². The van der Waals surface area contributed by atoms with Crippen LogP contribution in [0.15, 0.2) is 12.7 Å². The lowest BCUT2D eigenvalue weighted by Crippen LogP contribution is -2.34. The summed E-state index contributed by atoms with van der Waals surface area (Å²) in [5, 5.41) is 2.36. The minimum Gasteiger partial charge on any atom is -0.465 e. The highest BCUT2D eigenvalue weighted by atomic mass is 16.6. The number of hydrogen-bond acceptors (Lipinski definition) is 6. The molecule has 0 bridgehead atoms. The average Bonchev–Trinajstić information content (AvgIpc) is 3.19. The van der Waals surface area contributed by atoms with Crippen LogP contribution in [0.25, 0.3) is 0 Å². The summed E-state index contributed by atoms with van der Waals surface area (Å²) in [6.45, 7) is 5.51. The van der Waals surface area contributed by atoms with Crippen molar-refractivity contribution in [2.45, 2.75) is 13.3 Å². The quantitative estimate of drug-likeness (QED) is 0.243. The molecule has 1 rings (SSSR count). The van der Waals surface area contributed by atoms with Gasteiger partial charge in [0.05, 0.1) is 20.3 Å². The van der Waals surface area contributed by atoms with E-state index in [1.807, 2.05) is 0 Å². The molecule has 1 aliphatic carbocycles. The second-order valence-electron chi connectivity index (χ2n) is 4.29. The molecule has 0 radical (unpaired) electrons. The first-order valence-corrected chi connectivity index (χ1v) is 6.31. The third kappa shape index (κ3) is 3.28. The molecule has 7 nitrogen and oxygen atoms in total. The van der Waals surface area contributed by atoms with Crippen LogP contribution in [0.2, 0.25) is 0 Å². The van der Waals surface area contributed by atoms with Crippen LogP contribution in [0.3, 0.4) is 0 Å². The first kappa shape index (κ1) is 16.0. The molecule has 112 valence electrons. The molecule has 0 aromatic rings. The number of nitrogens with one attached hydrogen (secondary N) is 1. The van der Waals surface area contributed by atoms with Crippen molar-refractivity contribution >= 4 is 18.0 Å². The zero-order valence-corrected chi connectivity index (χ0v) is 11.6. The van der Waals surface area contributed by atoms with Gasteiger partial charge in [-0.2, -0.15) is 0 Å². The summed E-state index contributed by atoms with van der Waals surface area (Å²) in [4.78, 5) is 34.7. The van der Waals surface area contributed by atoms with Gasteiger partial charge in [-0.1, -0.05) is 6.08 Å². The molecule has 1 saturated carbocycles. The molecule has 2 atom stereocenters. The largest absolute Gasteiger partial charge is 0.465 e. The standard InChI is InChI=1S/C13H19NO6/c1-4-9-8-13(9,10(15)19-5-2)11(16)20-7-6-14-12(17)18-3/h4,9H,1,5-8H2,2-3H3,(H,14,17). The van der Waals surface area contributed by atoms with Crippen molar-refractivity contribution in [3.63, 3.8) is 0 Å². The summed E-state index contributed by atoms with van der Waals surface area (Å²) in [5.41, 5.74) is -1.26. The summed E-state index contributed by atoms with van der Waals surface area (Å²) < 4.78 is 14.3. The summed E-state index contributed by atoms with van der Waals surface area (Å²) in [6, 6.07) is 0. The Balaban J connectivity index is 2.49. The molecule has 20 heavy (non-hydrogen) atoms. The topological polar surface area (TPSA) is 90.9 Å². The Labute approximate surface area is 117 Å². The average molecular weight is 285 g/mol. The second kappa shape index (κ2) is 6.93. The van der Waals surface area contributed by atoms with Gasteiger partial charge in [-0.3, -0.25) is 9.59 Å². The Kier molecular flexibility index (Phi) is 5.54. The van der Waals surface area contributed by atoms with Crippen LogP contribution < -0.4 is 5.32 Å². The van der Waals surface area contributed by atoms with Crippen molar-refractivity contribution in [2.75, 3.05) is 26.9 Å². The van der Waals surface area contributed by atoms with Crippen LogP contribution in [0.5, 0.6) is 0 Å². The lowest BCUT2D eigenvalue weighted by Gasteiger charge is -2.14. The zero-order valence-electron chi connectivity index (χ0n) is 11.6. The van der Waals surface area contributed by atoms with Crippen molar-refractivity contribution in [1.82, 2.24) is 5.32 Å². The first-order valence-electron chi connectivity index (χ1n) is 6.31. The molecule has 1 N–H and O–H groups in total. The number of carbonyl (C=O) groups is 3. The molecule has 0 saturated heterocycles. The Morgan fingerprint density at radius 3 is 2.50 bits per heavy atom. The Morgan fingerprint density at radius 2 is 2.00 bits per heavy atom. The summed E-state index contributed by atoms with van der Waals surface area (Å²) in [7, 11) is 1.23. The number of rotatable bonds is 7. The van der Waals surface area contributed by atoms with E-state index in [4.69, 9.17) is 9.47 Å². The van der Waals surface area contributed by atoms with Gasteiger partial charge >= 0.3 is 18.0 Å². The number of methoxy groups -OCH3 is 1. The van der Waals surface area contributed by atoms with Crippen LogP contribution in [0.1, 0.15) is 13.3 Å². The fraction of sp³-hybridized carbons (Fsp3) is 0.615. The zero-order chi connectivity index (χ0) is 15.2. The predicted octanol–water partition coefficient (Wildman–Crippen LogP) is 0.641. The third-order valence-electron chi connectivity index (χ3n) is 3.09. The number of ether oxygens (including phenoxy) is 3. The number of amides is 1. The van der Waals surface area contributed by atoms with Crippen LogP contribution in [0.4, 0.5) is 4.79 Å². The Bertz CT molecular complexity index is 408. The van der Waals surface area contributed by atoms with Crippen LogP contribution in [-0.2, 0) is 23.8 Å². The predicted molar refractivity (Wildman–Crippen MR) is 68.7 cm³/mol. The molecule has 0 spiro atoms. The molecule has 1 amide bonds. The summed E-state index contributed by atoms with van der Waals surface area (Å²) >= 11 is 0. The van der Waals surface area contributed by atoms with Crippen LogP contribution in [-0.4, -0.2) is 44.9 Å². The summed E-state index contributed by atoms with van der Waals surface area (Å²) in [6.07, 6.45) is 1.28. The van der Waals surface area contributed by atoms with Gasteiger partial charge in [0.1, 0.15) is 6.61 Å². The summed E-state index contributed by atoms with van der Waals surface area (Å²) in [5.74, 6) is -1.49. The van der Waals surface area contributed by atoms with Crippen molar-refractivity contribution in [1.29, 1.82) is 0 Å². The highest BCUT2D eigenvalue weighted by Crippen LogP contribution is 2.55. The SMILES string of the molecule is C=CC1CC1(C(=O)OCC)C(=O)OCCNC(=O)OC. The number of allylic oxidation sites excluding steroid dienone is 1. The highest BCUT2D eigenvalue weighted by molar-refractivity contribution is 6.04. The molecule has 0 heterocycles. The molecule has 7 heteroatoms. The van der Waals surface area contributed by atoms with Crippen molar-refractivity contribution < 1.29 is 28.6 Å². The van der Waals surface area contributed by atoms with Gasteiger partial charge in [-0.15, -0.1) is 6.58 Å². The molecule has 0 aromatic heterocycles. The minimum absolute atomic E-state index is 0.0427. The molecular weight excluding hydrogens is 266 g/mol. The normalized spacial score (nSPS) is 23.4. The number of hydrogen-bond donors (Lipinski definition) is 1. The van der Waals surface area contributed by atoms with E-state index in [-0.39, 0.29) is 25.7 Å². The van der Waals surface area contributed by atoms with E-state index in [9.17, 15) is 14.4 Å². The van der Waals surface area contributed by atoms with E-state index >= 15 is 0 Å². The van der Waals surface area contributed by atoms with Gasteiger partial charge in [-0.05, 0) is 13.3 Å². The van der Waals surface area contributed by atoms with E-state index in [1.165, 1.54) is 7.11 Å². The second-order valence-corrected chi connectivity index (χ2v) is 4.29. The maximum absolute atomic E-state index is 12.0. The van der Waals surface area contributed by atoms with Gasteiger partial charge in [0.25, 0.3) is 0 Å². The number of esters is 2. The number of alkyl carbamates (subject to hydrolysis) is 1. The lowest BCUT2D eigenvalue weighted by molar-refractivity contribution is -0.164. The third-order valence-corrected chi connectivity index (χ3v) is 3.09. The highest BCUT2D eigenvalue weighted by Gasteiger charge is 2.67.